The Balaban J connectivity index is 1.76. The van der Waals surface area contributed by atoms with E-state index in [1.54, 1.807) is 0 Å². The summed E-state index contributed by atoms with van der Waals surface area (Å²) in [6.07, 6.45) is 6.08. The second kappa shape index (κ2) is 6.18. The van der Waals surface area contributed by atoms with Gasteiger partial charge in [-0.1, -0.05) is 37.3 Å². The summed E-state index contributed by atoms with van der Waals surface area (Å²) in [7, 11) is 0. The van der Waals surface area contributed by atoms with Gasteiger partial charge in [0, 0.05) is 24.5 Å². The highest BCUT2D eigenvalue weighted by molar-refractivity contribution is 5.67. The van der Waals surface area contributed by atoms with Gasteiger partial charge in [0.05, 0.1) is 0 Å². The van der Waals surface area contributed by atoms with Crippen molar-refractivity contribution < 1.29 is 9.90 Å². The van der Waals surface area contributed by atoms with Crippen molar-refractivity contribution in [3.63, 3.8) is 0 Å². The average molecular weight is 287 g/mol. The number of benzene rings is 1. The van der Waals surface area contributed by atoms with Crippen LogP contribution in [0.5, 0.6) is 0 Å². The van der Waals surface area contributed by atoms with Crippen LogP contribution in [0.3, 0.4) is 0 Å². The monoisotopic (exact) mass is 287 g/mol. The van der Waals surface area contributed by atoms with E-state index in [9.17, 15) is 4.79 Å². The lowest BCUT2D eigenvalue weighted by Crippen LogP contribution is -2.45. The van der Waals surface area contributed by atoms with Gasteiger partial charge < -0.3 is 5.11 Å². The van der Waals surface area contributed by atoms with Gasteiger partial charge in [-0.3, -0.25) is 9.69 Å². The molecule has 3 nitrogen and oxygen atoms in total. The highest BCUT2D eigenvalue weighted by Crippen LogP contribution is 2.45. The molecule has 0 aliphatic carbocycles. The lowest BCUT2D eigenvalue weighted by atomic mass is 9.86. The van der Waals surface area contributed by atoms with Crippen molar-refractivity contribution in [1.29, 1.82) is 0 Å². The van der Waals surface area contributed by atoms with Gasteiger partial charge in [-0.25, -0.2) is 0 Å². The minimum absolute atomic E-state index is 0.350. The first-order valence-corrected chi connectivity index (χ1v) is 8.23. The zero-order valence-electron chi connectivity index (χ0n) is 12.7. The standard InChI is InChI=1S/C18H25NO2/c1-2-17(14-6-4-3-5-7-14)19-15-8-9-16(19)11-13(10-15)12-18(20)21/h3-7,13,15-17H,2,8-12H2,1H3,(H,20,21). The van der Waals surface area contributed by atoms with Gasteiger partial charge in [0.15, 0.2) is 0 Å². The molecule has 2 bridgehead atoms. The predicted octanol–water partition coefficient (Wildman–Crippen LogP) is 3.86. The number of aliphatic carboxylic acids is 1. The summed E-state index contributed by atoms with van der Waals surface area (Å²) >= 11 is 0. The molecule has 2 aliphatic heterocycles. The van der Waals surface area contributed by atoms with E-state index in [1.165, 1.54) is 18.4 Å². The van der Waals surface area contributed by atoms with E-state index in [-0.39, 0.29) is 0 Å². The zero-order valence-corrected chi connectivity index (χ0v) is 12.7. The summed E-state index contributed by atoms with van der Waals surface area (Å²) < 4.78 is 0. The molecular formula is C18H25NO2. The topological polar surface area (TPSA) is 40.5 Å². The molecule has 2 aliphatic rings. The molecule has 0 aromatic heterocycles. The Labute approximate surface area is 127 Å². The molecule has 0 radical (unpaired) electrons. The van der Waals surface area contributed by atoms with Gasteiger partial charge in [0.2, 0.25) is 0 Å². The molecule has 21 heavy (non-hydrogen) atoms. The molecule has 3 unspecified atom stereocenters. The van der Waals surface area contributed by atoms with Crippen molar-refractivity contribution in [2.24, 2.45) is 5.92 Å². The minimum atomic E-state index is -0.636. The molecule has 2 saturated heterocycles. The van der Waals surface area contributed by atoms with E-state index in [2.05, 4.69) is 42.2 Å². The van der Waals surface area contributed by atoms with Crippen molar-refractivity contribution in [2.75, 3.05) is 0 Å². The summed E-state index contributed by atoms with van der Waals surface area (Å²) in [6.45, 7) is 2.26. The summed E-state index contributed by atoms with van der Waals surface area (Å²) in [5.74, 6) is -0.257. The van der Waals surface area contributed by atoms with Crippen molar-refractivity contribution >= 4 is 5.97 Å². The summed E-state index contributed by atoms with van der Waals surface area (Å²) in [5, 5.41) is 9.04. The molecule has 1 N–H and O–H groups in total. The van der Waals surface area contributed by atoms with Crippen LogP contribution < -0.4 is 0 Å². The van der Waals surface area contributed by atoms with E-state index in [4.69, 9.17) is 5.11 Å². The lowest BCUT2D eigenvalue weighted by Gasteiger charge is -2.43. The SMILES string of the molecule is CCC(c1ccccc1)N1C2CCC1CC(CC(=O)O)C2. The van der Waals surface area contributed by atoms with Gasteiger partial charge in [-0.2, -0.15) is 0 Å². The Morgan fingerprint density at radius 3 is 2.38 bits per heavy atom. The number of rotatable bonds is 5. The van der Waals surface area contributed by atoms with E-state index >= 15 is 0 Å². The second-order valence-electron chi connectivity index (χ2n) is 6.60. The van der Waals surface area contributed by atoms with Gasteiger partial charge in [0.25, 0.3) is 0 Å². The summed E-state index contributed by atoms with van der Waals surface area (Å²) in [4.78, 5) is 13.7. The first-order chi connectivity index (χ1) is 10.2. The molecule has 0 amide bonds. The first kappa shape index (κ1) is 14.6. The Morgan fingerprint density at radius 1 is 1.24 bits per heavy atom. The maximum atomic E-state index is 11.0. The number of carboxylic acid groups (broad SMARTS) is 1. The number of hydrogen-bond donors (Lipinski definition) is 1. The molecule has 3 heteroatoms. The van der Waals surface area contributed by atoms with E-state index in [1.807, 2.05) is 0 Å². The van der Waals surface area contributed by atoms with Crippen LogP contribution >= 0.6 is 0 Å². The fourth-order valence-electron chi connectivity index (χ4n) is 4.54. The fraction of sp³-hybridized carbons (Fsp3) is 0.611. The molecule has 2 fully saturated rings. The minimum Gasteiger partial charge on any atom is -0.481 e. The van der Waals surface area contributed by atoms with Crippen LogP contribution in [0.15, 0.2) is 30.3 Å². The van der Waals surface area contributed by atoms with Gasteiger partial charge in [-0.15, -0.1) is 0 Å². The quantitative estimate of drug-likeness (QED) is 0.894. The van der Waals surface area contributed by atoms with Crippen LogP contribution in [0.2, 0.25) is 0 Å². The van der Waals surface area contributed by atoms with Gasteiger partial charge in [0.1, 0.15) is 0 Å². The number of piperidine rings is 1. The summed E-state index contributed by atoms with van der Waals surface area (Å²) in [6, 6.07) is 12.4. The molecule has 0 saturated carbocycles. The van der Waals surface area contributed by atoms with Crippen LogP contribution in [-0.4, -0.2) is 28.1 Å². The Bertz CT molecular complexity index is 473. The second-order valence-corrected chi connectivity index (χ2v) is 6.60. The number of carboxylic acids is 1. The normalized spacial score (nSPS) is 30.2. The number of carbonyl (C=O) groups is 1. The van der Waals surface area contributed by atoms with Crippen molar-refractivity contribution in [3.05, 3.63) is 35.9 Å². The highest BCUT2D eigenvalue weighted by atomic mass is 16.4. The third kappa shape index (κ3) is 2.98. The van der Waals surface area contributed by atoms with Crippen molar-refractivity contribution in [2.45, 2.75) is 63.6 Å². The van der Waals surface area contributed by atoms with Gasteiger partial charge in [-0.05, 0) is 43.6 Å². The van der Waals surface area contributed by atoms with E-state index < -0.39 is 5.97 Å². The molecule has 1 aromatic carbocycles. The van der Waals surface area contributed by atoms with Crippen LogP contribution in [0.4, 0.5) is 0 Å². The number of nitrogens with zero attached hydrogens (tertiary/aromatic N) is 1. The average Bonchev–Trinajstić information content (AvgIpc) is 2.72. The smallest absolute Gasteiger partial charge is 0.303 e. The maximum absolute atomic E-state index is 11.0. The van der Waals surface area contributed by atoms with E-state index in [0.29, 0.717) is 30.5 Å². The third-order valence-corrected chi connectivity index (χ3v) is 5.28. The number of fused-ring (bicyclic) bond motifs is 2. The largest absolute Gasteiger partial charge is 0.481 e. The fourth-order valence-corrected chi connectivity index (χ4v) is 4.54. The third-order valence-electron chi connectivity index (χ3n) is 5.28. The highest BCUT2D eigenvalue weighted by Gasteiger charge is 2.43. The molecular weight excluding hydrogens is 262 g/mol. The molecule has 3 atom stereocenters. The zero-order chi connectivity index (χ0) is 14.8. The molecule has 114 valence electrons. The first-order valence-electron chi connectivity index (χ1n) is 8.23. The Hall–Kier alpha value is -1.35. The lowest BCUT2D eigenvalue weighted by molar-refractivity contribution is -0.138. The van der Waals surface area contributed by atoms with Crippen molar-refractivity contribution in [3.8, 4) is 0 Å². The van der Waals surface area contributed by atoms with Crippen molar-refractivity contribution in [1.82, 2.24) is 4.90 Å². The van der Waals surface area contributed by atoms with Crippen LogP contribution in [0, 0.1) is 5.92 Å². The van der Waals surface area contributed by atoms with Crippen LogP contribution in [0.25, 0.3) is 0 Å². The Kier molecular flexibility index (Phi) is 4.29. The van der Waals surface area contributed by atoms with Gasteiger partial charge >= 0.3 is 5.97 Å². The predicted molar refractivity (Wildman–Crippen MR) is 83.1 cm³/mol. The maximum Gasteiger partial charge on any atom is 0.303 e. The van der Waals surface area contributed by atoms with Crippen LogP contribution in [-0.2, 0) is 4.79 Å². The molecule has 2 heterocycles. The molecule has 1 aromatic rings. The van der Waals surface area contributed by atoms with Crippen LogP contribution in [0.1, 0.15) is 57.1 Å². The van der Waals surface area contributed by atoms with E-state index in [0.717, 1.165) is 19.3 Å². The molecule has 0 spiro atoms. The summed E-state index contributed by atoms with van der Waals surface area (Å²) in [5.41, 5.74) is 1.41. The Morgan fingerprint density at radius 2 is 1.86 bits per heavy atom. The number of hydrogen-bond acceptors (Lipinski definition) is 2. The molecule has 3 rings (SSSR count).